The van der Waals surface area contributed by atoms with E-state index in [-0.39, 0.29) is 11.3 Å². The quantitative estimate of drug-likeness (QED) is 0.409. The predicted octanol–water partition coefficient (Wildman–Crippen LogP) is 3.58. The lowest BCUT2D eigenvalue weighted by atomic mass is 10.1. The summed E-state index contributed by atoms with van der Waals surface area (Å²) in [5.74, 6) is 0.261. The Hall–Kier alpha value is -3.66. The van der Waals surface area contributed by atoms with Crippen molar-refractivity contribution in [1.82, 2.24) is 19.8 Å². The van der Waals surface area contributed by atoms with Crippen molar-refractivity contribution >= 4 is 33.6 Å². The highest BCUT2D eigenvalue weighted by Gasteiger charge is 2.19. The number of nitrogens with zero attached hydrogens (tertiary/aromatic N) is 5. The summed E-state index contributed by atoms with van der Waals surface area (Å²) in [7, 11) is 0. The normalized spacial score (nSPS) is 10.9. The molecule has 0 aliphatic heterocycles. The summed E-state index contributed by atoms with van der Waals surface area (Å²) in [6.45, 7) is 1.99. The minimum absolute atomic E-state index is 0.0114. The van der Waals surface area contributed by atoms with Crippen LogP contribution in [0.15, 0.2) is 48.5 Å². The van der Waals surface area contributed by atoms with Gasteiger partial charge in [-0.1, -0.05) is 30.4 Å². The topological polar surface area (TPSA) is 115 Å². The second kappa shape index (κ2) is 7.16. The first-order valence-electron chi connectivity index (χ1n) is 8.43. The van der Waals surface area contributed by atoms with E-state index >= 15 is 0 Å². The molecule has 0 spiro atoms. The number of nitro benzene ring substituents is 1. The molecule has 140 valence electrons. The van der Waals surface area contributed by atoms with E-state index in [0.717, 1.165) is 27.8 Å². The first-order valence-corrected chi connectivity index (χ1v) is 9.25. The van der Waals surface area contributed by atoms with Crippen LogP contribution in [0.5, 0.6) is 0 Å². The van der Waals surface area contributed by atoms with Gasteiger partial charge in [0.2, 0.25) is 4.96 Å². The van der Waals surface area contributed by atoms with Crippen molar-refractivity contribution < 1.29 is 9.72 Å². The fourth-order valence-corrected chi connectivity index (χ4v) is 3.58. The molecule has 2 aromatic carbocycles. The molecule has 10 heteroatoms. The van der Waals surface area contributed by atoms with Gasteiger partial charge in [0, 0.05) is 23.7 Å². The Kier molecular flexibility index (Phi) is 4.53. The van der Waals surface area contributed by atoms with E-state index in [2.05, 4.69) is 20.6 Å². The maximum absolute atomic E-state index is 12.4. The monoisotopic (exact) mass is 394 g/mol. The molecule has 2 heterocycles. The number of amides is 1. The number of anilines is 1. The highest BCUT2D eigenvalue weighted by Crippen LogP contribution is 2.27. The highest BCUT2D eigenvalue weighted by molar-refractivity contribution is 7.19. The number of nitro groups is 1. The van der Waals surface area contributed by atoms with Crippen LogP contribution >= 0.6 is 11.3 Å². The van der Waals surface area contributed by atoms with E-state index in [9.17, 15) is 14.9 Å². The third kappa shape index (κ3) is 3.21. The number of aryl methyl sites for hydroxylation is 1. The fraction of sp³-hybridized carbons (Fsp3) is 0.111. The van der Waals surface area contributed by atoms with Crippen molar-refractivity contribution in [3.63, 3.8) is 0 Å². The molecule has 0 saturated carbocycles. The number of nitrogens with one attached hydrogen (secondary N) is 1. The molecule has 0 aliphatic carbocycles. The number of carbonyl (C=O) groups is 1. The summed E-state index contributed by atoms with van der Waals surface area (Å²) in [4.78, 5) is 23.6. The van der Waals surface area contributed by atoms with Gasteiger partial charge < -0.3 is 5.32 Å². The predicted molar refractivity (Wildman–Crippen MR) is 105 cm³/mol. The van der Waals surface area contributed by atoms with Crippen molar-refractivity contribution in [1.29, 1.82) is 0 Å². The molecule has 1 N–H and O–H groups in total. The number of hydrogen-bond donors (Lipinski definition) is 1. The average molecular weight is 394 g/mol. The van der Waals surface area contributed by atoms with Gasteiger partial charge in [-0.2, -0.15) is 9.61 Å². The second-order valence-corrected chi connectivity index (χ2v) is 6.83. The van der Waals surface area contributed by atoms with E-state index in [1.54, 1.807) is 22.7 Å². The number of benzene rings is 2. The molecule has 28 heavy (non-hydrogen) atoms. The van der Waals surface area contributed by atoms with E-state index in [1.165, 1.54) is 29.5 Å². The molecule has 0 unspecified atom stereocenters. The molecular formula is C18H14N6O3S. The van der Waals surface area contributed by atoms with E-state index in [0.29, 0.717) is 5.69 Å². The maximum Gasteiger partial charge on any atom is 0.282 e. The summed E-state index contributed by atoms with van der Waals surface area (Å²) in [5.41, 5.74) is 1.19. The number of aromatic nitrogens is 4. The summed E-state index contributed by atoms with van der Waals surface area (Å²) in [6, 6.07) is 12.9. The van der Waals surface area contributed by atoms with Gasteiger partial charge in [-0.25, -0.2) is 0 Å². The molecule has 1 amide bonds. The molecule has 2 aromatic heterocycles. The van der Waals surface area contributed by atoms with Crippen LogP contribution in [0.3, 0.4) is 0 Å². The van der Waals surface area contributed by atoms with E-state index in [1.807, 2.05) is 19.1 Å². The van der Waals surface area contributed by atoms with Crippen molar-refractivity contribution in [2.75, 3.05) is 5.32 Å². The summed E-state index contributed by atoms with van der Waals surface area (Å²) in [5, 5.41) is 27.3. The Morgan fingerprint density at radius 2 is 1.93 bits per heavy atom. The highest BCUT2D eigenvalue weighted by atomic mass is 32.1. The van der Waals surface area contributed by atoms with Crippen LogP contribution < -0.4 is 5.32 Å². The summed E-state index contributed by atoms with van der Waals surface area (Å²) in [6.07, 6.45) is 0.737. The zero-order valence-electron chi connectivity index (χ0n) is 14.7. The number of carbonyl (C=O) groups excluding carboxylic acids is 1. The zero-order valence-corrected chi connectivity index (χ0v) is 15.5. The Morgan fingerprint density at radius 3 is 2.64 bits per heavy atom. The van der Waals surface area contributed by atoms with Crippen molar-refractivity contribution in [2.24, 2.45) is 0 Å². The number of para-hydroxylation sites is 1. The second-order valence-electron chi connectivity index (χ2n) is 5.88. The van der Waals surface area contributed by atoms with E-state index in [4.69, 9.17) is 0 Å². The van der Waals surface area contributed by atoms with Gasteiger partial charge in [-0.05, 0) is 30.3 Å². The van der Waals surface area contributed by atoms with Gasteiger partial charge in [0.05, 0.1) is 4.92 Å². The zero-order chi connectivity index (χ0) is 19.7. The molecule has 0 fully saturated rings. The third-order valence-electron chi connectivity index (χ3n) is 4.11. The molecule has 4 rings (SSSR count). The van der Waals surface area contributed by atoms with E-state index < -0.39 is 10.8 Å². The average Bonchev–Trinajstić information content (AvgIpc) is 3.29. The van der Waals surface area contributed by atoms with Crippen LogP contribution in [-0.2, 0) is 6.42 Å². The standard InChI is InChI=1S/C18H14N6O3S/c1-2-15-20-21-18-23(15)22-17(28-18)11-7-9-12(10-8-11)19-16(25)13-5-3-4-6-14(13)24(26)27/h3-10H,2H2,1H3,(H,19,25). The number of fused-ring (bicyclic) bond motifs is 1. The number of rotatable bonds is 5. The van der Waals surface area contributed by atoms with Crippen LogP contribution in [0.1, 0.15) is 23.1 Å². The number of hydrogen-bond acceptors (Lipinski definition) is 7. The first-order chi connectivity index (χ1) is 13.6. The van der Waals surface area contributed by atoms with Crippen molar-refractivity contribution in [2.45, 2.75) is 13.3 Å². The van der Waals surface area contributed by atoms with Gasteiger partial charge in [0.25, 0.3) is 11.6 Å². The van der Waals surface area contributed by atoms with Crippen molar-refractivity contribution in [3.05, 3.63) is 70.0 Å². The minimum atomic E-state index is -0.573. The SMILES string of the molecule is CCc1nnc2sc(-c3ccc(NC(=O)c4ccccc4[N+](=O)[O-])cc3)nn12. The van der Waals surface area contributed by atoms with Crippen molar-refractivity contribution in [3.8, 4) is 10.6 Å². The molecule has 0 atom stereocenters. The molecule has 9 nitrogen and oxygen atoms in total. The molecule has 0 aliphatic rings. The van der Waals surface area contributed by atoms with Crippen LogP contribution in [0.4, 0.5) is 11.4 Å². The fourth-order valence-electron chi connectivity index (χ4n) is 2.71. The molecule has 0 radical (unpaired) electrons. The Morgan fingerprint density at radius 1 is 1.18 bits per heavy atom. The summed E-state index contributed by atoms with van der Waals surface area (Å²) < 4.78 is 1.73. The van der Waals surface area contributed by atoms with Gasteiger partial charge in [0.15, 0.2) is 5.82 Å². The Labute approximate surface area is 162 Å². The minimum Gasteiger partial charge on any atom is -0.322 e. The lowest BCUT2D eigenvalue weighted by Gasteiger charge is -2.06. The van der Waals surface area contributed by atoms with Gasteiger partial charge in [-0.3, -0.25) is 14.9 Å². The Balaban J connectivity index is 1.55. The third-order valence-corrected chi connectivity index (χ3v) is 5.05. The Bertz CT molecular complexity index is 1180. The lowest BCUT2D eigenvalue weighted by molar-refractivity contribution is -0.385. The smallest absolute Gasteiger partial charge is 0.282 e. The largest absolute Gasteiger partial charge is 0.322 e. The maximum atomic E-state index is 12.4. The van der Waals surface area contributed by atoms with Crippen LogP contribution in [0.2, 0.25) is 0 Å². The van der Waals surface area contributed by atoms with Crippen LogP contribution in [0.25, 0.3) is 15.5 Å². The summed E-state index contributed by atoms with van der Waals surface area (Å²) >= 11 is 1.42. The van der Waals surface area contributed by atoms with Gasteiger partial charge >= 0.3 is 0 Å². The van der Waals surface area contributed by atoms with Gasteiger partial charge in [-0.15, -0.1) is 10.2 Å². The van der Waals surface area contributed by atoms with Crippen LogP contribution in [0, 0.1) is 10.1 Å². The molecule has 0 bridgehead atoms. The van der Waals surface area contributed by atoms with Gasteiger partial charge in [0.1, 0.15) is 10.6 Å². The molecule has 4 aromatic rings. The molecule has 0 saturated heterocycles. The van der Waals surface area contributed by atoms with Crippen LogP contribution in [-0.4, -0.2) is 30.6 Å². The lowest BCUT2D eigenvalue weighted by Crippen LogP contribution is -2.13. The molecular weight excluding hydrogens is 380 g/mol. The first kappa shape index (κ1) is 17.7.